The molecule has 3 aromatic carbocycles. The molecule has 0 spiro atoms. The molecule has 164 valence electrons. The average molecular weight is 561 g/mol. The molecule has 0 radical (unpaired) electrons. The van der Waals surface area contributed by atoms with Crippen LogP contribution in [0.3, 0.4) is 0 Å². The maximum absolute atomic E-state index is 12.8. The monoisotopic (exact) mass is 558 g/mol. The van der Waals surface area contributed by atoms with E-state index in [9.17, 15) is 16.8 Å². The van der Waals surface area contributed by atoms with Gasteiger partial charge < -0.3 is 0 Å². The van der Waals surface area contributed by atoms with Crippen molar-refractivity contribution in [2.75, 3.05) is 9.44 Å². The lowest BCUT2D eigenvalue weighted by Gasteiger charge is -2.15. The Morgan fingerprint density at radius 2 is 0.968 bits per heavy atom. The normalized spacial score (nSPS) is 11.9. The van der Waals surface area contributed by atoms with Gasteiger partial charge in [0.15, 0.2) is 0 Å². The van der Waals surface area contributed by atoms with Gasteiger partial charge >= 0.3 is 0 Å². The van der Waals surface area contributed by atoms with E-state index in [1.54, 1.807) is 0 Å². The van der Waals surface area contributed by atoms with Crippen LogP contribution in [0.2, 0.25) is 25.1 Å². The SMILES string of the molecule is O=S(=O)(Nc1ccc(Cl)cc1NS(=O)(=O)c1ccc(Cl)c(Cl)c1)c1ccc(Cl)c(Cl)c1. The number of benzene rings is 3. The van der Waals surface area contributed by atoms with Gasteiger partial charge in [-0.3, -0.25) is 9.44 Å². The lowest BCUT2D eigenvalue weighted by Crippen LogP contribution is -2.17. The van der Waals surface area contributed by atoms with Crippen LogP contribution in [0.5, 0.6) is 0 Å². The minimum atomic E-state index is -4.15. The van der Waals surface area contributed by atoms with Crippen molar-refractivity contribution in [1.29, 1.82) is 0 Å². The Balaban J connectivity index is 1.99. The van der Waals surface area contributed by atoms with Crippen LogP contribution in [0.25, 0.3) is 0 Å². The molecule has 0 aliphatic heterocycles. The van der Waals surface area contributed by atoms with Crippen molar-refractivity contribution in [3.05, 3.63) is 79.7 Å². The summed E-state index contributed by atoms with van der Waals surface area (Å²) < 4.78 is 55.7. The van der Waals surface area contributed by atoms with Gasteiger partial charge in [-0.2, -0.15) is 0 Å². The molecular weight excluding hydrogens is 550 g/mol. The van der Waals surface area contributed by atoms with Gasteiger partial charge in [-0.15, -0.1) is 0 Å². The molecular formula is C18H11Cl5N2O4S2. The topological polar surface area (TPSA) is 92.3 Å². The van der Waals surface area contributed by atoms with E-state index in [2.05, 4.69) is 9.44 Å². The third kappa shape index (κ3) is 5.70. The van der Waals surface area contributed by atoms with E-state index in [-0.39, 0.29) is 46.3 Å². The van der Waals surface area contributed by atoms with Crippen LogP contribution in [-0.4, -0.2) is 16.8 Å². The van der Waals surface area contributed by atoms with Gasteiger partial charge in [-0.25, -0.2) is 16.8 Å². The van der Waals surface area contributed by atoms with Gasteiger partial charge in [0.25, 0.3) is 20.0 Å². The highest BCUT2D eigenvalue weighted by atomic mass is 35.5. The Kier molecular flexibility index (Phi) is 7.22. The summed E-state index contributed by atoms with van der Waals surface area (Å²) in [7, 11) is -8.28. The smallest absolute Gasteiger partial charge is 0.262 e. The van der Waals surface area contributed by atoms with Crippen LogP contribution in [0.1, 0.15) is 0 Å². The van der Waals surface area contributed by atoms with E-state index in [0.29, 0.717) is 0 Å². The summed E-state index contributed by atoms with van der Waals surface area (Å²) in [5.41, 5.74) is -0.179. The highest BCUT2D eigenvalue weighted by Gasteiger charge is 2.21. The molecule has 13 heteroatoms. The summed E-state index contributed by atoms with van der Waals surface area (Å²) in [5, 5.41) is 0.613. The number of hydrogen-bond acceptors (Lipinski definition) is 4. The molecule has 0 fully saturated rings. The third-order valence-corrected chi connectivity index (χ3v) is 8.31. The fourth-order valence-electron chi connectivity index (χ4n) is 2.39. The largest absolute Gasteiger partial charge is 0.277 e. The lowest BCUT2D eigenvalue weighted by atomic mass is 10.3. The molecule has 3 aromatic rings. The fraction of sp³-hybridized carbons (Fsp3) is 0. The number of sulfonamides is 2. The summed E-state index contributed by atoms with van der Waals surface area (Å²) in [5.74, 6) is 0. The van der Waals surface area contributed by atoms with Crippen LogP contribution in [0, 0.1) is 0 Å². The Labute approximate surface area is 204 Å². The molecule has 0 saturated carbocycles. The zero-order valence-electron chi connectivity index (χ0n) is 15.0. The first-order chi connectivity index (χ1) is 14.4. The van der Waals surface area contributed by atoms with E-state index in [4.69, 9.17) is 58.0 Å². The van der Waals surface area contributed by atoms with Gasteiger partial charge in [0.1, 0.15) is 0 Å². The minimum Gasteiger partial charge on any atom is -0.277 e. The molecule has 0 aliphatic rings. The highest BCUT2D eigenvalue weighted by Crippen LogP contribution is 2.32. The number of hydrogen-bond donors (Lipinski definition) is 2. The maximum atomic E-state index is 12.8. The van der Waals surface area contributed by atoms with Gasteiger partial charge in [-0.1, -0.05) is 58.0 Å². The molecule has 0 heterocycles. The Bertz CT molecular complexity index is 1380. The van der Waals surface area contributed by atoms with Crippen molar-refractivity contribution in [2.24, 2.45) is 0 Å². The molecule has 2 N–H and O–H groups in total. The van der Waals surface area contributed by atoms with Crippen molar-refractivity contribution >= 4 is 89.4 Å². The molecule has 31 heavy (non-hydrogen) atoms. The summed E-state index contributed by atoms with van der Waals surface area (Å²) in [6.07, 6.45) is 0. The van der Waals surface area contributed by atoms with Crippen LogP contribution < -0.4 is 9.44 Å². The minimum absolute atomic E-state index is 0.0381. The van der Waals surface area contributed by atoms with E-state index in [0.717, 1.165) is 6.07 Å². The van der Waals surface area contributed by atoms with Crippen molar-refractivity contribution in [3.8, 4) is 0 Å². The number of nitrogens with one attached hydrogen (secondary N) is 2. The second-order valence-electron chi connectivity index (χ2n) is 6.05. The van der Waals surface area contributed by atoms with Crippen molar-refractivity contribution in [3.63, 3.8) is 0 Å². The predicted octanol–water partition coefficient (Wildman–Crippen LogP) is 6.56. The summed E-state index contributed by atoms with van der Waals surface area (Å²) in [4.78, 5) is -0.352. The van der Waals surface area contributed by atoms with Gasteiger partial charge in [0.05, 0.1) is 41.3 Å². The Hall–Kier alpha value is -1.39. The van der Waals surface area contributed by atoms with Gasteiger partial charge in [0, 0.05) is 5.02 Å². The van der Waals surface area contributed by atoms with Crippen LogP contribution in [0.15, 0.2) is 64.4 Å². The molecule has 6 nitrogen and oxygen atoms in total. The zero-order chi connectivity index (χ0) is 23.0. The second-order valence-corrected chi connectivity index (χ2v) is 11.5. The van der Waals surface area contributed by atoms with Crippen LogP contribution >= 0.6 is 58.0 Å². The molecule has 0 atom stereocenters. The summed E-state index contributed by atoms with van der Waals surface area (Å²) in [6, 6.07) is 11.4. The first-order valence-electron chi connectivity index (χ1n) is 8.14. The third-order valence-electron chi connectivity index (χ3n) is 3.87. The lowest BCUT2D eigenvalue weighted by molar-refractivity contribution is 0.599. The summed E-state index contributed by atoms with van der Waals surface area (Å²) in [6.45, 7) is 0. The summed E-state index contributed by atoms with van der Waals surface area (Å²) >= 11 is 29.4. The molecule has 3 rings (SSSR count). The van der Waals surface area contributed by atoms with Crippen molar-refractivity contribution in [1.82, 2.24) is 0 Å². The van der Waals surface area contributed by atoms with Crippen molar-refractivity contribution in [2.45, 2.75) is 9.79 Å². The standard InChI is InChI=1S/C18H11Cl5N2O4S2/c19-10-1-6-17(24-30(26,27)11-2-4-13(20)15(22)8-11)18(7-10)25-31(28,29)12-3-5-14(21)16(23)9-12/h1-9,24-25H. The molecule has 0 aromatic heterocycles. The highest BCUT2D eigenvalue weighted by molar-refractivity contribution is 7.93. The zero-order valence-corrected chi connectivity index (χ0v) is 20.4. The maximum Gasteiger partial charge on any atom is 0.262 e. The number of halogens is 5. The number of rotatable bonds is 6. The van der Waals surface area contributed by atoms with E-state index < -0.39 is 20.0 Å². The van der Waals surface area contributed by atoms with E-state index in [1.807, 2.05) is 0 Å². The molecule has 0 aliphatic carbocycles. The Morgan fingerprint density at radius 1 is 0.516 bits per heavy atom. The number of anilines is 2. The van der Waals surface area contributed by atoms with E-state index >= 15 is 0 Å². The molecule has 0 unspecified atom stereocenters. The molecule has 0 bridgehead atoms. The molecule has 0 amide bonds. The first kappa shape index (κ1) is 24.3. The van der Waals surface area contributed by atoms with Crippen molar-refractivity contribution < 1.29 is 16.8 Å². The predicted molar refractivity (Wildman–Crippen MR) is 126 cm³/mol. The van der Waals surface area contributed by atoms with E-state index in [1.165, 1.54) is 48.5 Å². The van der Waals surface area contributed by atoms with Gasteiger partial charge in [0.2, 0.25) is 0 Å². The van der Waals surface area contributed by atoms with Gasteiger partial charge in [-0.05, 0) is 54.6 Å². The average Bonchev–Trinajstić information content (AvgIpc) is 2.67. The molecule has 0 saturated heterocycles. The second kappa shape index (κ2) is 9.23. The first-order valence-corrected chi connectivity index (χ1v) is 13.0. The van der Waals surface area contributed by atoms with Crippen LogP contribution in [0.4, 0.5) is 11.4 Å². The Morgan fingerprint density at radius 3 is 1.42 bits per heavy atom. The fourth-order valence-corrected chi connectivity index (χ4v) is 5.48. The van der Waals surface area contributed by atoms with Crippen LogP contribution in [-0.2, 0) is 20.0 Å². The quantitative estimate of drug-likeness (QED) is 0.357.